The second-order valence-corrected chi connectivity index (χ2v) is 8.03. The number of aromatic nitrogens is 3. The lowest BCUT2D eigenvalue weighted by atomic mass is 10.1. The van der Waals surface area contributed by atoms with Crippen molar-refractivity contribution in [1.82, 2.24) is 20.3 Å². The number of nitrogens with zero attached hydrogens (tertiary/aromatic N) is 3. The number of carbonyl (C=O) groups excluding carboxylic acids is 2. The molecule has 2 amide bonds. The molecule has 0 radical (unpaired) electrons. The fourth-order valence-corrected chi connectivity index (χ4v) is 3.43. The standard InChI is InChI=1S/C28H26N6O2/c1-3-5-26(35)31-17-20-8-10-21(11-9-20)27(36)32-23-12-7-19(2)25(16-23)34-28-30-15-13-24(33-28)22-6-4-14-29-18-22/h3-16,18H,17H2,1-2H3,(H,31,35)(H,32,36)(H,30,33,34)/b5-3+. The summed E-state index contributed by atoms with van der Waals surface area (Å²) in [6.45, 7) is 4.14. The lowest BCUT2D eigenvalue weighted by Gasteiger charge is -2.12. The van der Waals surface area contributed by atoms with Crippen LogP contribution in [-0.2, 0) is 11.3 Å². The molecule has 0 atom stereocenters. The second-order valence-electron chi connectivity index (χ2n) is 8.03. The minimum absolute atomic E-state index is 0.155. The van der Waals surface area contributed by atoms with Crippen molar-refractivity contribution >= 4 is 29.1 Å². The van der Waals surface area contributed by atoms with E-state index in [1.165, 1.54) is 6.08 Å². The van der Waals surface area contributed by atoms with Crippen molar-refractivity contribution in [3.05, 3.63) is 108 Å². The first-order valence-electron chi connectivity index (χ1n) is 11.4. The third kappa shape index (κ3) is 6.38. The smallest absolute Gasteiger partial charge is 0.255 e. The molecule has 0 unspecified atom stereocenters. The number of anilines is 3. The normalized spacial score (nSPS) is 10.7. The first kappa shape index (κ1) is 24.3. The number of hydrogen-bond acceptors (Lipinski definition) is 6. The molecular formula is C28H26N6O2. The lowest BCUT2D eigenvalue weighted by molar-refractivity contribution is -0.116. The van der Waals surface area contributed by atoms with Gasteiger partial charge in [0.25, 0.3) is 5.91 Å². The van der Waals surface area contributed by atoms with Crippen LogP contribution in [0.15, 0.2) is 91.4 Å². The monoisotopic (exact) mass is 478 g/mol. The van der Waals surface area contributed by atoms with Gasteiger partial charge in [0, 0.05) is 47.6 Å². The summed E-state index contributed by atoms with van der Waals surface area (Å²) in [4.78, 5) is 37.4. The zero-order chi connectivity index (χ0) is 25.3. The Morgan fingerprint density at radius 1 is 1.00 bits per heavy atom. The minimum Gasteiger partial charge on any atom is -0.348 e. The molecule has 2 heterocycles. The first-order valence-corrected chi connectivity index (χ1v) is 11.4. The summed E-state index contributed by atoms with van der Waals surface area (Å²) in [5.41, 5.74) is 5.47. The van der Waals surface area contributed by atoms with Gasteiger partial charge >= 0.3 is 0 Å². The van der Waals surface area contributed by atoms with Gasteiger partial charge in [0.2, 0.25) is 11.9 Å². The van der Waals surface area contributed by atoms with Crippen molar-refractivity contribution in [3.63, 3.8) is 0 Å². The van der Waals surface area contributed by atoms with E-state index in [4.69, 9.17) is 0 Å². The number of aryl methyl sites for hydroxylation is 1. The molecular weight excluding hydrogens is 452 g/mol. The van der Waals surface area contributed by atoms with Gasteiger partial charge in [-0.25, -0.2) is 9.97 Å². The summed E-state index contributed by atoms with van der Waals surface area (Å²) in [5, 5.41) is 8.96. The molecule has 4 rings (SSSR count). The predicted molar refractivity (Wildman–Crippen MR) is 141 cm³/mol. The van der Waals surface area contributed by atoms with Crippen LogP contribution in [0.3, 0.4) is 0 Å². The summed E-state index contributed by atoms with van der Waals surface area (Å²) < 4.78 is 0. The molecule has 0 saturated heterocycles. The highest BCUT2D eigenvalue weighted by atomic mass is 16.2. The third-order valence-electron chi connectivity index (χ3n) is 5.36. The molecule has 0 fully saturated rings. The Morgan fingerprint density at radius 3 is 2.58 bits per heavy atom. The van der Waals surface area contributed by atoms with E-state index in [0.29, 0.717) is 23.7 Å². The number of benzene rings is 2. The van der Waals surface area contributed by atoms with Crippen LogP contribution in [0.1, 0.15) is 28.4 Å². The van der Waals surface area contributed by atoms with Gasteiger partial charge in [-0.3, -0.25) is 14.6 Å². The third-order valence-corrected chi connectivity index (χ3v) is 5.36. The summed E-state index contributed by atoms with van der Waals surface area (Å²) >= 11 is 0. The van der Waals surface area contributed by atoms with Crippen LogP contribution >= 0.6 is 0 Å². The Kier molecular flexibility index (Phi) is 7.77. The maximum absolute atomic E-state index is 12.8. The topological polar surface area (TPSA) is 109 Å². The van der Waals surface area contributed by atoms with Crippen molar-refractivity contribution in [1.29, 1.82) is 0 Å². The lowest BCUT2D eigenvalue weighted by Crippen LogP contribution is -2.20. The predicted octanol–water partition coefficient (Wildman–Crippen LogP) is 5.04. The molecule has 0 aliphatic rings. The van der Waals surface area contributed by atoms with E-state index in [9.17, 15) is 9.59 Å². The molecule has 8 heteroatoms. The van der Waals surface area contributed by atoms with Gasteiger partial charge in [0.1, 0.15) is 0 Å². The molecule has 180 valence electrons. The molecule has 3 N–H and O–H groups in total. The van der Waals surface area contributed by atoms with Crippen LogP contribution in [0.2, 0.25) is 0 Å². The van der Waals surface area contributed by atoms with Crippen molar-refractivity contribution in [2.75, 3.05) is 10.6 Å². The van der Waals surface area contributed by atoms with Crippen LogP contribution < -0.4 is 16.0 Å². The fraction of sp³-hybridized carbons (Fsp3) is 0.107. The molecule has 2 aromatic carbocycles. The summed E-state index contributed by atoms with van der Waals surface area (Å²) in [7, 11) is 0. The number of pyridine rings is 1. The van der Waals surface area contributed by atoms with Crippen LogP contribution in [0, 0.1) is 6.92 Å². The minimum atomic E-state index is -0.232. The molecule has 0 saturated carbocycles. The van der Waals surface area contributed by atoms with Crippen molar-refractivity contribution in [2.24, 2.45) is 0 Å². The number of nitrogens with one attached hydrogen (secondary N) is 3. The van der Waals surface area contributed by atoms with E-state index in [-0.39, 0.29) is 11.8 Å². The second kappa shape index (κ2) is 11.5. The average Bonchev–Trinajstić information content (AvgIpc) is 2.90. The Balaban J connectivity index is 1.43. The molecule has 0 aliphatic heterocycles. The van der Waals surface area contributed by atoms with Gasteiger partial charge in [0.15, 0.2) is 0 Å². The molecule has 0 bridgehead atoms. The van der Waals surface area contributed by atoms with Crippen LogP contribution in [0.25, 0.3) is 11.3 Å². The Hall–Kier alpha value is -4.85. The van der Waals surface area contributed by atoms with Crippen molar-refractivity contribution < 1.29 is 9.59 Å². The maximum atomic E-state index is 12.8. The van der Waals surface area contributed by atoms with Crippen LogP contribution in [0.5, 0.6) is 0 Å². The van der Waals surface area contributed by atoms with Gasteiger partial charge < -0.3 is 16.0 Å². The number of allylic oxidation sites excluding steroid dienone is 1. The highest BCUT2D eigenvalue weighted by Crippen LogP contribution is 2.24. The Bertz CT molecular complexity index is 1390. The summed E-state index contributed by atoms with van der Waals surface area (Å²) in [5.74, 6) is 0.0569. The quantitative estimate of drug-likeness (QED) is 0.306. The molecule has 36 heavy (non-hydrogen) atoms. The van der Waals surface area contributed by atoms with E-state index in [1.807, 2.05) is 55.5 Å². The highest BCUT2D eigenvalue weighted by molar-refractivity contribution is 6.04. The van der Waals surface area contributed by atoms with E-state index in [2.05, 4.69) is 30.9 Å². The zero-order valence-electron chi connectivity index (χ0n) is 20.0. The summed E-state index contributed by atoms with van der Waals surface area (Å²) in [6.07, 6.45) is 8.30. The van der Waals surface area contributed by atoms with Crippen molar-refractivity contribution in [3.8, 4) is 11.3 Å². The largest absolute Gasteiger partial charge is 0.348 e. The van der Waals surface area contributed by atoms with Crippen LogP contribution in [-0.4, -0.2) is 26.8 Å². The maximum Gasteiger partial charge on any atom is 0.255 e. The van der Waals surface area contributed by atoms with Gasteiger partial charge in [-0.05, 0) is 73.5 Å². The van der Waals surface area contributed by atoms with E-state index in [0.717, 1.165) is 28.1 Å². The number of hydrogen-bond donors (Lipinski definition) is 3. The molecule has 8 nitrogen and oxygen atoms in total. The Labute approximate surface area is 209 Å². The molecule has 2 aromatic heterocycles. The van der Waals surface area contributed by atoms with Gasteiger partial charge in [-0.1, -0.05) is 24.3 Å². The number of rotatable bonds is 8. The fourth-order valence-electron chi connectivity index (χ4n) is 3.43. The first-order chi connectivity index (χ1) is 17.5. The van der Waals surface area contributed by atoms with E-state index >= 15 is 0 Å². The van der Waals surface area contributed by atoms with Gasteiger partial charge in [-0.15, -0.1) is 0 Å². The van der Waals surface area contributed by atoms with Gasteiger partial charge in [0.05, 0.1) is 5.69 Å². The van der Waals surface area contributed by atoms with Crippen molar-refractivity contribution in [2.45, 2.75) is 20.4 Å². The van der Waals surface area contributed by atoms with Crippen LogP contribution in [0.4, 0.5) is 17.3 Å². The highest BCUT2D eigenvalue weighted by Gasteiger charge is 2.10. The summed E-state index contributed by atoms with van der Waals surface area (Å²) in [6, 6.07) is 18.3. The zero-order valence-corrected chi connectivity index (χ0v) is 20.0. The molecule has 4 aromatic rings. The van der Waals surface area contributed by atoms with E-state index < -0.39 is 0 Å². The molecule has 0 aliphatic carbocycles. The number of carbonyl (C=O) groups is 2. The molecule has 0 spiro atoms. The SMILES string of the molecule is C/C=C/C(=O)NCc1ccc(C(=O)Nc2ccc(C)c(Nc3nccc(-c4cccnc4)n3)c2)cc1. The van der Waals surface area contributed by atoms with E-state index in [1.54, 1.807) is 43.7 Å². The Morgan fingerprint density at radius 2 is 1.83 bits per heavy atom. The van der Waals surface area contributed by atoms with Gasteiger partial charge in [-0.2, -0.15) is 0 Å². The average molecular weight is 479 g/mol. The number of amides is 2.